The van der Waals surface area contributed by atoms with Crippen molar-refractivity contribution in [1.82, 2.24) is 5.32 Å². The highest BCUT2D eigenvalue weighted by atomic mass is 32.2. The molecular weight excluding hydrogens is 216 g/mol. The topological polar surface area (TPSA) is 92.4 Å². The predicted octanol–water partition coefficient (Wildman–Crippen LogP) is 0.0462. The Balaban J connectivity index is 3.85. The molecule has 0 heterocycles. The molecule has 0 aliphatic heterocycles. The summed E-state index contributed by atoms with van der Waals surface area (Å²) in [5.74, 6) is 0.332. The van der Waals surface area contributed by atoms with E-state index in [4.69, 9.17) is 10.8 Å². The first-order chi connectivity index (χ1) is 6.97. The Kier molecular flexibility index (Phi) is 7.15. The van der Waals surface area contributed by atoms with Crippen molar-refractivity contribution in [2.24, 2.45) is 5.73 Å². The van der Waals surface area contributed by atoms with Gasteiger partial charge >= 0.3 is 5.97 Å². The van der Waals surface area contributed by atoms with Crippen LogP contribution in [0.15, 0.2) is 0 Å². The van der Waals surface area contributed by atoms with Crippen molar-refractivity contribution in [2.45, 2.75) is 32.4 Å². The Morgan fingerprint density at radius 2 is 2.13 bits per heavy atom. The van der Waals surface area contributed by atoms with Crippen LogP contribution in [0, 0.1) is 0 Å². The monoisotopic (exact) mass is 234 g/mol. The average Bonchev–Trinajstić information content (AvgIpc) is 2.13. The van der Waals surface area contributed by atoms with Gasteiger partial charge in [-0.1, -0.05) is 6.92 Å². The third-order valence-corrected chi connectivity index (χ3v) is 2.84. The maximum atomic E-state index is 11.3. The Hall–Kier alpha value is -0.750. The molecule has 0 aromatic carbocycles. The fourth-order valence-corrected chi connectivity index (χ4v) is 1.64. The number of carbonyl (C=O) groups excluding carboxylic acids is 1. The summed E-state index contributed by atoms with van der Waals surface area (Å²) in [6.45, 7) is 3.91. The molecule has 0 radical (unpaired) electrons. The van der Waals surface area contributed by atoms with E-state index in [0.29, 0.717) is 0 Å². The summed E-state index contributed by atoms with van der Waals surface area (Å²) in [6.07, 6.45) is -0.334. The van der Waals surface area contributed by atoms with Gasteiger partial charge in [0, 0.05) is 11.8 Å². The second-order valence-corrected chi connectivity index (χ2v) is 4.59. The van der Waals surface area contributed by atoms with Crippen LogP contribution >= 0.6 is 11.8 Å². The highest BCUT2D eigenvalue weighted by molar-refractivity contribution is 7.99. The number of carbonyl (C=O) groups is 2. The Morgan fingerprint density at radius 1 is 1.53 bits per heavy atom. The van der Waals surface area contributed by atoms with Crippen LogP contribution in [0.5, 0.6) is 0 Å². The fraction of sp³-hybridized carbons (Fsp3) is 0.778. The van der Waals surface area contributed by atoms with Crippen LogP contribution in [0.1, 0.15) is 20.3 Å². The zero-order valence-corrected chi connectivity index (χ0v) is 9.84. The molecule has 2 unspecified atom stereocenters. The Labute approximate surface area is 93.8 Å². The minimum atomic E-state index is -1.06. The first-order valence-electron chi connectivity index (χ1n) is 4.82. The van der Waals surface area contributed by atoms with Gasteiger partial charge in [0.1, 0.15) is 0 Å². The molecule has 0 aliphatic carbocycles. The van der Waals surface area contributed by atoms with E-state index in [2.05, 4.69) is 5.32 Å². The number of thioether (sulfide) groups is 1. The van der Waals surface area contributed by atoms with Crippen LogP contribution in [-0.2, 0) is 9.59 Å². The van der Waals surface area contributed by atoms with Crippen molar-refractivity contribution in [2.75, 3.05) is 11.5 Å². The second-order valence-electron chi connectivity index (χ2n) is 3.27. The normalized spacial score (nSPS) is 14.3. The predicted molar refractivity (Wildman–Crippen MR) is 60.8 cm³/mol. The van der Waals surface area contributed by atoms with Gasteiger partial charge in [0.25, 0.3) is 0 Å². The molecule has 0 spiro atoms. The quantitative estimate of drug-likeness (QED) is 0.578. The number of hydrogen-bond donors (Lipinski definition) is 3. The SMILES string of the molecule is CCSCC(C)NC(=O)C(N)CC(=O)O. The van der Waals surface area contributed by atoms with Gasteiger partial charge in [0.2, 0.25) is 5.91 Å². The maximum Gasteiger partial charge on any atom is 0.305 e. The number of nitrogens with two attached hydrogens (primary N) is 1. The van der Waals surface area contributed by atoms with Crippen LogP contribution in [0.4, 0.5) is 0 Å². The lowest BCUT2D eigenvalue weighted by atomic mass is 10.2. The maximum absolute atomic E-state index is 11.3. The lowest BCUT2D eigenvalue weighted by Crippen LogP contribution is -2.46. The van der Waals surface area contributed by atoms with Crippen molar-refractivity contribution in [3.05, 3.63) is 0 Å². The van der Waals surface area contributed by atoms with Crippen LogP contribution in [-0.4, -0.2) is 40.6 Å². The largest absolute Gasteiger partial charge is 0.481 e. The van der Waals surface area contributed by atoms with Crippen LogP contribution in [0.25, 0.3) is 0 Å². The molecule has 0 saturated heterocycles. The Bertz CT molecular complexity index is 223. The molecule has 6 heteroatoms. The van der Waals surface area contributed by atoms with Crippen LogP contribution in [0.3, 0.4) is 0 Å². The van der Waals surface area contributed by atoms with E-state index < -0.39 is 17.9 Å². The zero-order chi connectivity index (χ0) is 11.8. The van der Waals surface area contributed by atoms with E-state index in [-0.39, 0.29) is 12.5 Å². The summed E-state index contributed by atoms with van der Waals surface area (Å²) in [4.78, 5) is 21.7. The molecule has 0 saturated carbocycles. The summed E-state index contributed by atoms with van der Waals surface area (Å²) < 4.78 is 0. The highest BCUT2D eigenvalue weighted by Crippen LogP contribution is 2.01. The third kappa shape index (κ3) is 7.21. The zero-order valence-electron chi connectivity index (χ0n) is 9.03. The first kappa shape index (κ1) is 14.2. The van der Waals surface area contributed by atoms with Crippen molar-refractivity contribution in [1.29, 1.82) is 0 Å². The fourth-order valence-electron chi connectivity index (χ4n) is 0.967. The van der Waals surface area contributed by atoms with E-state index in [0.717, 1.165) is 11.5 Å². The van der Waals surface area contributed by atoms with Crippen molar-refractivity contribution >= 4 is 23.6 Å². The summed E-state index contributed by atoms with van der Waals surface area (Å²) in [5, 5.41) is 11.1. The summed E-state index contributed by atoms with van der Waals surface area (Å²) in [6, 6.07) is -0.945. The summed E-state index contributed by atoms with van der Waals surface area (Å²) in [5.41, 5.74) is 5.40. The first-order valence-corrected chi connectivity index (χ1v) is 5.98. The molecule has 88 valence electrons. The molecule has 0 aromatic rings. The van der Waals surface area contributed by atoms with Gasteiger partial charge in [-0.3, -0.25) is 9.59 Å². The number of hydrogen-bond acceptors (Lipinski definition) is 4. The van der Waals surface area contributed by atoms with E-state index in [1.807, 2.05) is 13.8 Å². The lowest BCUT2D eigenvalue weighted by Gasteiger charge is -2.15. The van der Waals surface area contributed by atoms with Crippen molar-refractivity contribution in [3.63, 3.8) is 0 Å². The number of carboxylic acid groups (broad SMARTS) is 1. The molecule has 0 aliphatic rings. The third-order valence-electron chi connectivity index (χ3n) is 1.69. The molecule has 0 rings (SSSR count). The summed E-state index contributed by atoms with van der Waals surface area (Å²) >= 11 is 1.71. The molecule has 0 fully saturated rings. The van der Waals surface area contributed by atoms with Gasteiger partial charge in [-0.05, 0) is 12.7 Å². The number of nitrogens with one attached hydrogen (secondary N) is 1. The van der Waals surface area contributed by atoms with Crippen LogP contribution < -0.4 is 11.1 Å². The van der Waals surface area contributed by atoms with Crippen molar-refractivity contribution < 1.29 is 14.7 Å². The van der Waals surface area contributed by atoms with E-state index >= 15 is 0 Å². The Morgan fingerprint density at radius 3 is 2.60 bits per heavy atom. The molecule has 2 atom stereocenters. The standard InChI is InChI=1S/C9H18N2O3S/c1-3-15-5-6(2)11-9(14)7(10)4-8(12)13/h6-7H,3-5,10H2,1-2H3,(H,11,14)(H,12,13). The smallest absolute Gasteiger partial charge is 0.305 e. The number of aliphatic carboxylic acids is 1. The minimum absolute atomic E-state index is 0.0160. The molecule has 4 N–H and O–H groups in total. The van der Waals surface area contributed by atoms with Crippen molar-refractivity contribution in [3.8, 4) is 0 Å². The number of rotatable bonds is 7. The second kappa shape index (κ2) is 7.53. The minimum Gasteiger partial charge on any atom is -0.481 e. The van der Waals surface area contributed by atoms with Gasteiger partial charge in [-0.25, -0.2) is 0 Å². The van der Waals surface area contributed by atoms with E-state index in [9.17, 15) is 9.59 Å². The van der Waals surface area contributed by atoms with Crippen LogP contribution in [0.2, 0.25) is 0 Å². The number of carboxylic acids is 1. The average molecular weight is 234 g/mol. The number of amides is 1. The molecule has 0 aromatic heterocycles. The van der Waals surface area contributed by atoms with E-state index in [1.54, 1.807) is 11.8 Å². The summed E-state index contributed by atoms with van der Waals surface area (Å²) in [7, 11) is 0. The van der Waals surface area contributed by atoms with Gasteiger partial charge < -0.3 is 16.2 Å². The van der Waals surface area contributed by atoms with Gasteiger partial charge in [0.05, 0.1) is 12.5 Å². The lowest BCUT2D eigenvalue weighted by molar-refractivity contribution is -0.139. The van der Waals surface area contributed by atoms with Gasteiger partial charge in [-0.2, -0.15) is 11.8 Å². The molecule has 15 heavy (non-hydrogen) atoms. The molecule has 1 amide bonds. The highest BCUT2D eigenvalue weighted by Gasteiger charge is 2.18. The molecule has 5 nitrogen and oxygen atoms in total. The van der Waals surface area contributed by atoms with Gasteiger partial charge in [-0.15, -0.1) is 0 Å². The van der Waals surface area contributed by atoms with Gasteiger partial charge in [0.15, 0.2) is 0 Å². The molecular formula is C9H18N2O3S. The van der Waals surface area contributed by atoms with E-state index in [1.165, 1.54) is 0 Å². The molecule has 0 bridgehead atoms.